The van der Waals surface area contributed by atoms with Gasteiger partial charge in [0.1, 0.15) is 5.70 Å². The maximum absolute atomic E-state index is 13.6. The molecule has 0 bridgehead atoms. The molecule has 6 heteroatoms. The molecule has 1 heterocycles. The predicted molar refractivity (Wildman–Crippen MR) is 125 cm³/mol. The van der Waals surface area contributed by atoms with Gasteiger partial charge in [-0.25, -0.2) is 4.90 Å². The van der Waals surface area contributed by atoms with Crippen LogP contribution < -0.4 is 4.90 Å². The number of amides is 2. The molecule has 1 aliphatic rings. The van der Waals surface area contributed by atoms with E-state index in [1.54, 1.807) is 42.5 Å². The number of nitrogens with zero attached hydrogens (tertiary/aromatic N) is 2. The van der Waals surface area contributed by atoms with Gasteiger partial charge < -0.3 is 4.90 Å². The van der Waals surface area contributed by atoms with Crippen LogP contribution in [0.5, 0.6) is 0 Å². The van der Waals surface area contributed by atoms with Crippen molar-refractivity contribution < 1.29 is 9.59 Å². The van der Waals surface area contributed by atoms with Gasteiger partial charge in [-0.2, -0.15) is 0 Å². The van der Waals surface area contributed by atoms with Gasteiger partial charge in [0.05, 0.1) is 11.3 Å². The molecule has 1 aliphatic heterocycles. The summed E-state index contributed by atoms with van der Waals surface area (Å²) >= 11 is 12.1. The van der Waals surface area contributed by atoms with Crippen molar-refractivity contribution >= 4 is 46.3 Å². The lowest BCUT2D eigenvalue weighted by atomic mass is 10.0. The third kappa shape index (κ3) is 4.09. The van der Waals surface area contributed by atoms with Crippen molar-refractivity contribution in [3.05, 3.63) is 105 Å². The van der Waals surface area contributed by atoms with Crippen LogP contribution in [0.15, 0.2) is 78.5 Å². The first-order valence-corrected chi connectivity index (χ1v) is 10.5. The van der Waals surface area contributed by atoms with Crippen molar-refractivity contribution in [3.63, 3.8) is 0 Å². The zero-order chi connectivity index (χ0) is 22.1. The molecule has 3 aromatic rings. The Kier molecular flexibility index (Phi) is 5.86. The summed E-state index contributed by atoms with van der Waals surface area (Å²) < 4.78 is 0. The molecule has 31 heavy (non-hydrogen) atoms. The van der Waals surface area contributed by atoms with Gasteiger partial charge in [-0.05, 0) is 53.9 Å². The zero-order valence-corrected chi connectivity index (χ0v) is 18.6. The Morgan fingerprint density at radius 2 is 1.48 bits per heavy atom. The summed E-state index contributed by atoms with van der Waals surface area (Å²) in [6.45, 7) is 2.31. The summed E-state index contributed by atoms with van der Waals surface area (Å²) in [6.07, 6.45) is 0. The van der Waals surface area contributed by atoms with Crippen LogP contribution in [0.4, 0.5) is 5.69 Å². The lowest BCUT2D eigenvalue weighted by molar-refractivity contribution is -0.120. The molecule has 0 N–H and O–H groups in total. The summed E-state index contributed by atoms with van der Waals surface area (Å²) in [4.78, 5) is 30.2. The molecule has 0 aliphatic carbocycles. The second kappa shape index (κ2) is 8.58. The molecule has 0 spiro atoms. The SMILES string of the molecule is Cc1cc(Cl)ccc1N1C(=O)C(c2ccc(Cl)cc2)=C(N(C)Cc2ccccc2)C1=O. The molecule has 156 valence electrons. The van der Waals surface area contributed by atoms with Gasteiger partial charge in [-0.1, -0.05) is 65.7 Å². The average molecular weight is 451 g/mol. The van der Waals surface area contributed by atoms with Crippen molar-refractivity contribution in [3.8, 4) is 0 Å². The molecule has 2 amide bonds. The first-order valence-electron chi connectivity index (χ1n) is 9.77. The molecule has 0 aromatic heterocycles. The van der Waals surface area contributed by atoms with E-state index in [1.807, 2.05) is 49.2 Å². The highest BCUT2D eigenvalue weighted by atomic mass is 35.5. The predicted octanol–water partition coefficient (Wildman–Crippen LogP) is 5.72. The number of rotatable bonds is 5. The second-order valence-electron chi connectivity index (χ2n) is 7.45. The number of carbonyl (C=O) groups excluding carboxylic acids is 2. The maximum atomic E-state index is 13.6. The average Bonchev–Trinajstić information content (AvgIpc) is 3.00. The topological polar surface area (TPSA) is 40.6 Å². The number of carbonyl (C=O) groups is 2. The van der Waals surface area contributed by atoms with E-state index >= 15 is 0 Å². The highest BCUT2D eigenvalue weighted by Crippen LogP contribution is 2.37. The van der Waals surface area contributed by atoms with E-state index < -0.39 is 0 Å². The number of benzene rings is 3. The Morgan fingerprint density at radius 3 is 2.13 bits per heavy atom. The number of anilines is 1. The van der Waals surface area contributed by atoms with Crippen LogP contribution in [0.3, 0.4) is 0 Å². The fourth-order valence-electron chi connectivity index (χ4n) is 3.77. The number of imide groups is 1. The van der Waals surface area contributed by atoms with Crippen LogP contribution in [0.2, 0.25) is 10.0 Å². The maximum Gasteiger partial charge on any atom is 0.282 e. The van der Waals surface area contributed by atoms with Crippen LogP contribution in [0.25, 0.3) is 5.57 Å². The molecule has 0 fully saturated rings. The summed E-state index contributed by atoms with van der Waals surface area (Å²) in [5.74, 6) is -0.730. The minimum absolute atomic E-state index is 0.352. The van der Waals surface area contributed by atoms with E-state index in [1.165, 1.54) is 4.90 Å². The van der Waals surface area contributed by atoms with Crippen molar-refractivity contribution in [1.82, 2.24) is 4.90 Å². The first-order chi connectivity index (χ1) is 14.9. The number of aryl methyl sites for hydroxylation is 1. The number of likely N-dealkylation sites (N-methyl/N-ethyl adjacent to an activating group) is 1. The molecule has 0 atom stereocenters. The van der Waals surface area contributed by atoms with Gasteiger partial charge in [-0.15, -0.1) is 0 Å². The Balaban J connectivity index is 1.82. The Bertz CT molecular complexity index is 1190. The molecule has 0 saturated heterocycles. The quantitative estimate of drug-likeness (QED) is 0.466. The number of hydrogen-bond acceptors (Lipinski definition) is 3. The highest BCUT2D eigenvalue weighted by molar-refractivity contribution is 6.45. The molecule has 0 saturated carbocycles. The minimum atomic E-state index is -0.368. The number of hydrogen-bond donors (Lipinski definition) is 0. The third-order valence-electron chi connectivity index (χ3n) is 5.24. The Labute approximate surface area is 191 Å². The molecule has 0 unspecified atom stereocenters. The van der Waals surface area contributed by atoms with Crippen molar-refractivity contribution in [2.24, 2.45) is 0 Å². The number of halogens is 2. The van der Waals surface area contributed by atoms with Crippen LogP contribution in [-0.4, -0.2) is 23.8 Å². The van der Waals surface area contributed by atoms with Crippen LogP contribution in [-0.2, 0) is 16.1 Å². The van der Waals surface area contributed by atoms with Crippen LogP contribution in [0.1, 0.15) is 16.7 Å². The molecule has 4 rings (SSSR count). The van der Waals surface area contributed by atoms with E-state index in [-0.39, 0.29) is 11.8 Å². The standard InChI is InChI=1S/C25H20Cl2N2O2/c1-16-14-20(27)12-13-21(16)29-24(30)22(18-8-10-19(26)11-9-18)23(25(29)31)28(2)15-17-6-4-3-5-7-17/h3-14H,15H2,1-2H3. The lowest BCUT2D eigenvalue weighted by Crippen LogP contribution is -2.34. The summed E-state index contributed by atoms with van der Waals surface area (Å²) in [7, 11) is 1.82. The normalized spacial score (nSPS) is 13.9. The van der Waals surface area contributed by atoms with E-state index in [2.05, 4.69) is 0 Å². The molecule has 0 radical (unpaired) electrons. The minimum Gasteiger partial charge on any atom is -0.365 e. The second-order valence-corrected chi connectivity index (χ2v) is 8.32. The van der Waals surface area contributed by atoms with Gasteiger partial charge in [0.15, 0.2) is 0 Å². The van der Waals surface area contributed by atoms with E-state index in [4.69, 9.17) is 23.2 Å². The summed E-state index contributed by atoms with van der Waals surface area (Å²) in [6, 6.07) is 21.9. The molecular weight excluding hydrogens is 431 g/mol. The fraction of sp³-hybridized carbons (Fsp3) is 0.120. The lowest BCUT2D eigenvalue weighted by Gasteiger charge is -2.22. The third-order valence-corrected chi connectivity index (χ3v) is 5.72. The molecule has 4 nitrogen and oxygen atoms in total. The Morgan fingerprint density at radius 1 is 0.839 bits per heavy atom. The van der Waals surface area contributed by atoms with Crippen molar-refractivity contribution in [2.75, 3.05) is 11.9 Å². The van der Waals surface area contributed by atoms with E-state index in [0.29, 0.717) is 39.1 Å². The fourth-order valence-corrected chi connectivity index (χ4v) is 4.13. The van der Waals surface area contributed by atoms with Crippen molar-refractivity contribution in [2.45, 2.75) is 13.5 Å². The summed E-state index contributed by atoms with van der Waals surface area (Å²) in [5, 5.41) is 1.11. The van der Waals surface area contributed by atoms with Gasteiger partial charge in [0.25, 0.3) is 11.8 Å². The Hall–Kier alpha value is -3.08. The highest BCUT2D eigenvalue weighted by Gasteiger charge is 2.42. The molecule has 3 aromatic carbocycles. The molecular formula is C25H20Cl2N2O2. The van der Waals surface area contributed by atoms with Crippen molar-refractivity contribution in [1.29, 1.82) is 0 Å². The largest absolute Gasteiger partial charge is 0.365 e. The summed E-state index contributed by atoms with van der Waals surface area (Å²) in [5.41, 5.74) is 3.66. The van der Waals surface area contributed by atoms with Gasteiger partial charge in [0.2, 0.25) is 0 Å². The van der Waals surface area contributed by atoms with E-state index in [0.717, 1.165) is 11.1 Å². The monoisotopic (exact) mass is 450 g/mol. The van der Waals surface area contributed by atoms with Crippen LogP contribution >= 0.6 is 23.2 Å². The smallest absolute Gasteiger partial charge is 0.282 e. The van der Waals surface area contributed by atoms with E-state index in [9.17, 15) is 9.59 Å². The first kappa shape index (κ1) is 21.2. The van der Waals surface area contributed by atoms with Crippen LogP contribution in [0, 0.1) is 6.92 Å². The van der Waals surface area contributed by atoms with Gasteiger partial charge in [-0.3, -0.25) is 9.59 Å². The van der Waals surface area contributed by atoms with Gasteiger partial charge >= 0.3 is 0 Å². The zero-order valence-electron chi connectivity index (χ0n) is 17.1. The van der Waals surface area contributed by atoms with Gasteiger partial charge in [0, 0.05) is 23.6 Å².